The van der Waals surface area contributed by atoms with E-state index in [0.29, 0.717) is 0 Å². The number of amides is 1. The van der Waals surface area contributed by atoms with E-state index in [1.807, 2.05) is 0 Å². The van der Waals surface area contributed by atoms with Gasteiger partial charge >= 0.3 is 0 Å². The highest BCUT2D eigenvalue weighted by Gasteiger charge is 2.17. The van der Waals surface area contributed by atoms with Crippen molar-refractivity contribution >= 4 is 34.8 Å². The minimum atomic E-state index is -2.26. The first-order valence-electron chi connectivity index (χ1n) is 3.14. The van der Waals surface area contributed by atoms with Crippen LogP contribution >= 0.6 is 17.1 Å². The Labute approximate surface area is 81.3 Å². The van der Waals surface area contributed by atoms with E-state index < -0.39 is 5.69 Å². The fraction of sp³-hybridized carbons (Fsp3) is 0.800. The molecule has 0 saturated carbocycles. The quantitative estimate of drug-likeness (QED) is 0.565. The van der Waals surface area contributed by atoms with E-state index in [9.17, 15) is 4.79 Å². The minimum Gasteiger partial charge on any atom is -0.358 e. The summed E-state index contributed by atoms with van der Waals surface area (Å²) in [4.78, 5) is 10.8. The highest BCUT2D eigenvalue weighted by Crippen LogP contribution is 2.59. The van der Waals surface area contributed by atoms with Crippen molar-refractivity contribution in [3.05, 3.63) is 0 Å². The summed E-state index contributed by atoms with van der Waals surface area (Å²) in [6.45, 7) is 0. The first kappa shape index (κ1) is 12.4. The van der Waals surface area contributed by atoms with E-state index in [1.165, 1.54) is 25.6 Å². The first-order chi connectivity index (χ1) is 5.58. The van der Waals surface area contributed by atoms with Gasteiger partial charge in [-0.25, -0.2) is 0 Å². The molecule has 0 unspecified atom stereocenters. The summed E-state index contributed by atoms with van der Waals surface area (Å²) in [6, 6.07) is 0. The van der Waals surface area contributed by atoms with Gasteiger partial charge in [-0.15, -0.1) is 0 Å². The molecule has 0 aliphatic rings. The molecule has 0 radical (unpaired) electrons. The molecule has 4 nitrogen and oxygen atoms in total. The summed E-state index contributed by atoms with van der Waals surface area (Å²) < 4.78 is 9.94. The molecule has 0 atom stereocenters. The van der Waals surface area contributed by atoms with Gasteiger partial charge < -0.3 is 14.4 Å². The Bertz CT molecular complexity index is 191. The van der Waals surface area contributed by atoms with Crippen LogP contribution in [0.3, 0.4) is 0 Å². The Hall–Kier alpha value is 0.390. The highest BCUT2D eigenvalue weighted by molar-refractivity contribution is 8.68. The fourth-order valence-electron chi connectivity index (χ4n) is 0.390. The molecule has 7 heteroatoms. The maximum Gasteiger partial charge on any atom is 0.247 e. The molecule has 12 heavy (non-hydrogen) atoms. The van der Waals surface area contributed by atoms with Gasteiger partial charge in [0.25, 0.3) is 0 Å². The summed E-state index contributed by atoms with van der Waals surface area (Å²) in [7, 11) is 4.55. The zero-order chi connectivity index (χ0) is 9.61. The van der Waals surface area contributed by atoms with E-state index >= 15 is 0 Å². The van der Waals surface area contributed by atoms with Gasteiger partial charge in [-0.05, 0) is 11.8 Å². The summed E-state index contributed by atoms with van der Waals surface area (Å²) in [5, 5.41) is 2.49. The summed E-state index contributed by atoms with van der Waals surface area (Å²) >= 11 is 6.25. The van der Waals surface area contributed by atoms with E-state index in [4.69, 9.17) is 20.9 Å². The van der Waals surface area contributed by atoms with Crippen molar-refractivity contribution in [2.24, 2.45) is 0 Å². The van der Waals surface area contributed by atoms with Gasteiger partial charge in [0.05, 0.1) is 5.75 Å². The second kappa shape index (κ2) is 5.94. The maximum absolute atomic E-state index is 10.8. The Balaban J connectivity index is 3.89. The molecule has 0 aromatic rings. The molecule has 0 heterocycles. The lowest BCUT2D eigenvalue weighted by atomic mass is 10.7. The van der Waals surface area contributed by atoms with Crippen LogP contribution in [-0.4, -0.2) is 32.9 Å². The summed E-state index contributed by atoms with van der Waals surface area (Å²) in [5.74, 6) is 0.193. The molecule has 0 saturated heterocycles. The highest BCUT2D eigenvalue weighted by atomic mass is 32.9. The Morgan fingerprint density at radius 1 is 1.58 bits per heavy atom. The molecule has 0 aliphatic heterocycles. The summed E-state index contributed by atoms with van der Waals surface area (Å²) in [5.41, 5.74) is -2.26. The van der Waals surface area contributed by atoms with Crippen LogP contribution in [0.15, 0.2) is 0 Å². The molecule has 0 bridgehead atoms. The lowest BCUT2D eigenvalue weighted by Crippen LogP contribution is -2.19. The molecule has 0 aromatic carbocycles. The maximum atomic E-state index is 10.8. The fourth-order valence-corrected chi connectivity index (χ4v) is 3.10. The summed E-state index contributed by atoms with van der Waals surface area (Å²) in [6.07, 6.45) is 0. The van der Waals surface area contributed by atoms with E-state index in [2.05, 4.69) is 5.32 Å². The van der Waals surface area contributed by atoms with Crippen LogP contribution in [0, 0.1) is 0 Å². The Morgan fingerprint density at radius 2 is 2.08 bits per heavy atom. The van der Waals surface area contributed by atoms with Crippen LogP contribution < -0.4 is 5.32 Å². The molecule has 72 valence electrons. The smallest absolute Gasteiger partial charge is 0.247 e. The number of hydrogen-bond acceptors (Lipinski definition) is 5. The van der Waals surface area contributed by atoms with Crippen LogP contribution in [0.25, 0.3) is 0 Å². The van der Waals surface area contributed by atoms with E-state index in [0.717, 1.165) is 0 Å². The topological polar surface area (TPSA) is 47.6 Å². The van der Waals surface area contributed by atoms with Crippen LogP contribution in [0.5, 0.6) is 0 Å². The molecule has 0 fully saturated rings. The minimum absolute atomic E-state index is 0.0803. The van der Waals surface area contributed by atoms with Crippen LogP contribution in [-0.2, 0) is 25.6 Å². The average molecular weight is 232 g/mol. The van der Waals surface area contributed by atoms with Crippen molar-refractivity contribution in [2.75, 3.05) is 27.0 Å². The zero-order valence-electron chi connectivity index (χ0n) is 7.20. The van der Waals surface area contributed by atoms with Crippen LogP contribution in [0.2, 0.25) is 0 Å². The third-order valence-corrected chi connectivity index (χ3v) is 6.76. The molecule has 0 spiro atoms. The van der Waals surface area contributed by atoms with Crippen molar-refractivity contribution in [3.8, 4) is 0 Å². The first-order valence-corrected chi connectivity index (χ1v) is 7.37. The van der Waals surface area contributed by atoms with E-state index in [1.54, 1.807) is 7.05 Å². The van der Waals surface area contributed by atoms with Gasteiger partial charge in [-0.3, -0.25) is 4.79 Å². The predicted octanol–water partition coefficient (Wildman–Crippen LogP) is 0.983. The number of carbonyl (C=O) groups is 1. The van der Waals surface area contributed by atoms with Crippen molar-refractivity contribution in [3.63, 3.8) is 0 Å². The normalized spacial score (nSPS) is 11.2. The molecule has 0 aromatic heterocycles. The van der Waals surface area contributed by atoms with Crippen molar-refractivity contribution < 1.29 is 13.8 Å². The molecule has 1 amide bonds. The van der Waals surface area contributed by atoms with Gasteiger partial charge in [0, 0.05) is 21.3 Å². The third-order valence-electron chi connectivity index (χ3n) is 1.08. The van der Waals surface area contributed by atoms with Gasteiger partial charge in [0.15, 0.2) is 0 Å². The Morgan fingerprint density at radius 3 is 2.42 bits per heavy atom. The second-order valence-corrected chi connectivity index (χ2v) is 8.28. The SMILES string of the molecule is [13CH3]NC(=O)CSP(=S)(O[13CH3])O[13CH3]. The van der Waals surface area contributed by atoms with Crippen molar-refractivity contribution in [1.29, 1.82) is 0 Å². The number of nitrogens with one attached hydrogen (secondary N) is 1. The van der Waals surface area contributed by atoms with Crippen LogP contribution in [0.1, 0.15) is 0 Å². The third kappa shape index (κ3) is 4.42. The predicted molar refractivity (Wildman–Crippen MR) is 54.8 cm³/mol. The molecule has 0 aliphatic carbocycles. The lowest BCUT2D eigenvalue weighted by Gasteiger charge is -2.15. The molecule has 0 rings (SSSR count). The molecular weight excluding hydrogens is 220 g/mol. The number of rotatable bonds is 5. The zero-order valence-corrected chi connectivity index (χ0v) is 9.72. The largest absolute Gasteiger partial charge is 0.358 e. The second-order valence-electron chi connectivity index (χ2n) is 1.76. The average Bonchev–Trinajstić information content (AvgIpc) is 2.13. The van der Waals surface area contributed by atoms with Gasteiger partial charge in [0.2, 0.25) is 11.6 Å². The van der Waals surface area contributed by atoms with Crippen molar-refractivity contribution in [1.82, 2.24) is 5.32 Å². The number of hydrogen-bond donors (Lipinski definition) is 1. The van der Waals surface area contributed by atoms with Crippen LogP contribution in [0.4, 0.5) is 0 Å². The van der Waals surface area contributed by atoms with Gasteiger partial charge in [0.1, 0.15) is 0 Å². The van der Waals surface area contributed by atoms with Gasteiger partial charge in [-0.2, -0.15) is 0 Å². The molecular formula is C5H12NO3PS2. The monoisotopic (exact) mass is 232 g/mol. The van der Waals surface area contributed by atoms with Gasteiger partial charge in [-0.1, -0.05) is 11.4 Å². The molecule has 1 N–H and O–H groups in total. The number of carbonyl (C=O) groups excluding carboxylic acids is 1. The lowest BCUT2D eigenvalue weighted by molar-refractivity contribution is -0.118. The van der Waals surface area contributed by atoms with Crippen molar-refractivity contribution in [2.45, 2.75) is 0 Å². The van der Waals surface area contributed by atoms with E-state index in [-0.39, 0.29) is 11.7 Å². The standard InChI is InChI=1S/C5H12NO3PS2/c1-6-5(7)4-12-10(11,8-2)9-3/h4H2,1-3H3,(H,6,7)/i1+1,2+1,3+1. The Kier molecular flexibility index (Phi) is 6.13.